The zero-order valence-electron chi connectivity index (χ0n) is 18.5. The van der Waals surface area contributed by atoms with E-state index in [2.05, 4.69) is 37.2 Å². The maximum absolute atomic E-state index is 8.77. The van der Waals surface area contributed by atoms with Crippen LogP contribution in [0.2, 0.25) is 0 Å². The van der Waals surface area contributed by atoms with Gasteiger partial charge in [-0.05, 0) is 74.5 Å². The van der Waals surface area contributed by atoms with Crippen LogP contribution in [0.3, 0.4) is 0 Å². The van der Waals surface area contributed by atoms with Crippen molar-refractivity contribution >= 4 is 5.71 Å². The first-order valence-electron chi connectivity index (χ1n) is 11.8. The molecule has 0 bridgehead atoms. The van der Waals surface area contributed by atoms with Crippen LogP contribution in [0.1, 0.15) is 78.1 Å². The fourth-order valence-electron chi connectivity index (χ4n) is 7.19. The Morgan fingerprint density at radius 1 is 1.03 bits per heavy atom. The lowest BCUT2D eigenvalue weighted by Crippen LogP contribution is -2.50. The van der Waals surface area contributed by atoms with Crippen molar-refractivity contribution in [1.29, 1.82) is 10.5 Å². The lowest BCUT2D eigenvalue weighted by atomic mass is 9.48. The van der Waals surface area contributed by atoms with Gasteiger partial charge in [-0.25, -0.2) is 0 Å². The molecule has 0 aromatic rings. The second-order valence-corrected chi connectivity index (χ2v) is 10.2. The first-order chi connectivity index (χ1) is 14.5. The number of nitrogens with zero attached hydrogens (tertiary/aromatic N) is 3. The van der Waals surface area contributed by atoms with Crippen molar-refractivity contribution < 1.29 is 9.57 Å². The standard InChI is InChI=1S/C25H35N3O2/c1-24-11-9-19(29-15-3-13-26)17-18(24)5-6-20-21-7-8-23(28-30-16-4-14-27)25(21,2)12-10-22(20)24/h5,19-22H,3-4,6-12,15-17H2,1-2H3/b28-23+/t19-,20+,21+,22+,24+,25+/m1/s1. The lowest BCUT2D eigenvalue weighted by molar-refractivity contribution is -0.0362. The summed E-state index contributed by atoms with van der Waals surface area (Å²) in [7, 11) is 0. The van der Waals surface area contributed by atoms with Gasteiger partial charge < -0.3 is 9.57 Å². The van der Waals surface area contributed by atoms with Crippen molar-refractivity contribution in [3.63, 3.8) is 0 Å². The molecule has 162 valence electrons. The van der Waals surface area contributed by atoms with E-state index in [0.717, 1.165) is 31.1 Å². The molecular formula is C25H35N3O2. The van der Waals surface area contributed by atoms with Gasteiger partial charge in [-0.2, -0.15) is 10.5 Å². The number of fused-ring (bicyclic) bond motifs is 5. The molecule has 3 saturated carbocycles. The van der Waals surface area contributed by atoms with Crippen molar-refractivity contribution in [1.82, 2.24) is 0 Å². The Balaban J connectivity index is 1.47. The van der Waals surface area contributed by atoms with Crippen molar-refractivity contribution in [3.8, 4) is 12.1 Å². The third kappa shape index (κ3) is 3.67. The van der Waals surface area contributed by atoms with Gasteiger partial charge in [-0.1, -0.05) is 30.7 Å². The van der Waals surface area contributed by atoms with E-state index in [0.29, 0.717) is 43.5 Å². The molecule has 4 aliphatic rings. The zero-order chi connectivity index (χ0) is 21.2. The monoisotopic (exact) mass is 409 g/mol. The average Bonchev–Trinajstić information content (AvgIpc) is 3.08. The molecule has 0 unspecified atom stereocenters. The molecular weight excluding hydrogens is 374 g/mol. The maximum Gasteiger partial charge on any atom is 0.130 e. The minimum Gasteiger partial charge on any atom is -0.395 e. The highest BCUT2D eigenvalue weighted by molar-refractivity contribution is 5.92. The fraction of sp³-hybridized carbons (Fsp3) is 0.800. The summed E-state index contributed by atoms with van der Waals surface area (Å²) >= 11 is 0. The number of ether oxygens (including phenoxy) is 1. The molecule has 6 atom stereocenters. The SMILES string of the molecule is C[C@]12CC[C@@H](OCCC#N)CC1=CC[C@@H]1[C@@H]2CC[C@]2(C)/C(=N/OCCC#N)CC[C@@H]12. The summed E-state index contributed by atoms with van der Waals surface area (Å²) in [4.78, 5) is 5.49. The molecule has 0 aromatic heterocycles. The van der Waals surface area contributed by atoms with Crippen LogP contribution in [0.15, 0.2) is 16.8 Å². The summed E-state index contributed by atoms with van der Waals surface area (Å²) in [6.45, 7) is 5.89. The fourth-order valence-corrected chi connectivity index (χ4v) is 7.19. The van der Waals surface area contributed by atoms with Gasteiger partial charge in [-0.3, -0.25) is 0 Å². The van der Waals surface area contributed by atoms with Crippen LogP contribution in [0.25, 0.3) is 0 Å². The first kappa shape index (κ1) is 21.4. The van der Waals surface area contributed by atoms with E-state index in [-0.39, 0.29) is 5.41 Å². The Morgan fingerprint density at radius 2 is 1.77 bits per heavy atom. The van der Waals surface area contributed by atoms with E-state index < -0.39 is 0 Å². The Kier molecular flexibility index (Phi) is 6.21. The minimum atomic E-state index is 0.160. The second kappa shape index (κ2) is 8.72. The molecule has 4 rings (SSSR count). The largest absolute Gasteiger partial charge is 0.395 e. The molecule has 30 heavy (non-hydrogen) atoms. The lowest BCUT2D eigenvalue weighted by Gasteiger charge is -2.57. The number of hydrogen-bond donors (Lipinski definition) is 0. The van der Waals surface area contributed by atoms with Gasteiger partial charge in [0, 0.05) is 5.41 Å². The predicted octanol–water partition coefficient (Wildman–Crippen LogP) is 5.53. The van der Waals surface area contributed by atoms with E-state index in [4.69, 9.17) is 20.1 Å². The van der Waals surface area contributed by atoms with Gasteiger partial charge in [0.05, 0.1) is 43.4 Å². The normalized spacial score (nSPS) is 41.1. The number of hydrogen-bond acceptors (Lipinski definition) is 5. The Hall–Kier alpha value is -1.85. The molecule has 3 fully saturated rings. The molecule has 0 radical (unpaired) electrons. The molecule has 0 heterocycles. The highest BCUT2D eigenvalue weighted by atomic mass is 16.6. The predicted molar refractivity (Wildman–Crippen MR) is 115 cm³/mol. The van der Waals surface area contributed by atoms with E-state index in [1.165, 1.54) is 37.8 Å². The summed E-state index contributed by atoms with van der Waals surface area (Å²) in [6.07, 6.45) is 13.0. The van der Waals surface area contributed by atoms with Crippen LogP contribution in [-0.2, 0) is 9.57 Å². The van der Waals surface area contributed by atoms with Crippen LogP contribution < -0.4 is 0 Å². The summed E-state index contributed by atoms with van der Waals surface area (Å²) in [5.41, 5.74) is 3.32. The molecule has 4 aliphatic carbocycles. The highest BCUT2D eigenvalue weighted by Crippen LogP contribution is 2.64. The van der Waals surface area contributed by atoms with Crippen LogP contribution in [0.5, 0.6) is 0 Å². The third-order valence-corrected chi connectivity index (χ3v) is 8.85. The van der Waals surface area contributed by atoms with Gasteiger partial charge >= 0.3 is 0 Å². The van der Waals surface area contributed by atoms with E-state index >= 15 is 0 Å². The van der Waals surface area contributed by atoms with Gasteiger partial charge in [-0.15, -0.1) is 0 Å². The van der Waals surface area contributed by atoms with Crippen LogP contribution in [0, 0.1) is 51.2 Å². The summed E-state index contributed by atoms with van der Waals surface area (Å²) in [6, 6.07) is 4.30. The Bertz CT molecular complexity index is 791. The topological polar surface area (TPSA) is 78.4 Å². The molecule has 5 heteroatoms. The van der Waals surface area contributed by atoms with Gasteiger partial charge in [0.1, 0.15) is 6.61 Å². The Morgan fingerprint density at radius 3 is 2.57 bits per heavy atom. The molecule has 0 aliphatic heterocycles. The van der Waals surface area contributed by atoms with Gasteiger partial charge in [0.2, 0.25) is 0 Å². The van der Waals surface area contributed by atoms with E-state index in [9.17, 15) is 0 Å². The maximum atomic E-state index is 8.77. The Labute approximate surface area is 181 Å². The van der Waals surface area contributed by atoms with E-state index in [1.54, 1.807) is 5.57 Å². The van der Waals surface area contributed by atoms with Crippen LogP contribution in [0.4, 0.5) is 0 Å². The quantitative estimate of drug-likeness (QED) is 0.328. The molecule has 0 N–H and O–H groups in total. The van der Waals surface area contributed by atoms with Crippen molar-refractivity contribution in [3.05, 3.63) is 11.6 Å². The summed E-state index contributed by atoms with van der Waals surface area (Å²) in [5.74, 6) is 2.18. The molecule has 0 aromatic carbocycles. The van der Waals surface area contributed by atoms with Gasteiger partial charge in [0.15, 0.2) is 0 Å². The van der Waals surface area contributed by atoms with Crippen LogP contribution in [-0.4, -0.2) is 25.0 Å². The smallest absolute Gasteiger partial charge is 0.130 e. The average molecular weight is 410 g/mol. The zero-order valence-corrected chi connectivity index (χ0v) is 18.5. The third-order valence-electron chi connectivity index (χ3n) is 8.85. The minimum absolute atomic E-state index is 0.160. The number of allylic oxidation sites excluding steroid dienone is 1. The highest BCUT2D eigenvalue weighted by Gasteiger charge is 2.58. The summed E-state index contributed by atoms with van der Waals surface area (Å²) < 4.78 is 5.99. The van der Waals surface area contributed by atoms with Crippen LogP contribution >= 0.6 is 0 Å². The molecule has 5 nitrogen and oxygen atoms in total. The molecule has 0 amide bonds. The number of oxime groups is 1. The molecule has 0 saturated heterocycles. The molecule has 0 spiro atoms. The summed E-state index contributed by atoms with van der Waals surface area (Å²) in [5, 5.41) is 22.0. The van der Waals surface area contributed by atoms with Crippen molar-refractivity contribution in [2.45, 2.75) is 84.2 Å². The van der Waals surface area contributed by atoms with Gasteiger partial charge in [0.25, 0.3) is 0 Å². The van der Waals surface area contributed by atoms with E-state index in [1.807, 2.05) is 0 Å². The first-order valence-corrected chi connectivity index (χ1v) is 11.8. The van der Waals surface area contributed by atoms with Crippen molar-refractivity contribution in [2.75, 3.05) is 13.2 Å². The number of rotatable bonds is 6. The second-order valence-electron chi connectivity index (χ2n) is 10.2. The number of nitriles is 2. The van der Waals surface area contributed by atoms with Crippen molar-refractivity contribution in [2.24, 2.45) is 33.7 Å².